The zero-order valence-electron chi connectivity index (χ0n) is 11.7. The predicted molar refractivity (Wildman–Crippen MR) is 81.7 cm³/mol. The number of carboxylic acid groups (broad SMARTS) is 1. The monoisotopic (exact) mass is 329 g/mol. The molecular weight excluding hydrogens is 313 g/mol. The number of carboxylic acids is 1. The Hall–Kier alpha value is -1.26. The number of hydrogen-bond donors (Lipinski definition) is 1. The van der Waals surface area contributed by atoms with Gasteiger partial charge < -0.3 is 10.0 Å². The molecule has 1 N–H and O–H groups in total. The van der Waals surface area contributed by atoms with Gasteiger partial charge in [0.2, 0.25) is 5.91 Å². The van der Waals surface area contributed by atoms with Crippen molar-refractivity contribution in [3.8, 4) is 0 Å². The summed E-state index contributed by atoms with van der Waals surface area (Å²) in [5.41, 5.74) is 0.661. The fraction of sp³-hybridized carbons (Fsp3) is 0.467. The summed E-state index contributed by atoms with van der Waals surface area (Å²) in [6, 6.07) is 4.21. The quantitative estimate of drug-likeness (QED) is 0.926. The Bertz CT molecular complexity index is 562. The van der Waals surface area contributed by atoms with E-state index in [1.165, 1.54) is 4.90 Å². The summed E-state index contributed by atoms with van der Waals surface area (Å²) in [6.45, 7) is 2.48. The first-order chi connectivity index (χ1) is 9.88. The SMILES string of the molecule is CC1CCN(C(=O)Cc2ccc(Cl)cc2Cl)C(C(=O)O)C1. The van der Waals surface area contributed by atoms with Crippen molar-refractivity contribution >= 4 is 35.1 Å². The summed E-state index contributed by atoms with van der Waals surface area (Å²) >= 11 is 11.9. The number of aliphatic carboxylic acids is 1. The number of amides is 1. The summed E-state index contributed by atoms with van der Waals surface area (Å²) in [5.74, 6) is -0.843. The van der Waals surface area contributed by atoms with Gasteiger partial charge in [-0.1, -0.05) is 36.2 Å². The van der Waals surface area contributed by atoms with E-state index in [1.54, 1.807) is 18.2 Å². The third kappa shape index (κ3) is 3.89. The number of carbonyl (C=O) groups is 2. The maximum Gasteiger partial charge on any atom is 0.326 e. The van der Waals surface area contributed by atoms with Crippen molar-refractivity contribution in [3.05, 3.63) is 33.8 Å². The van der Waals surface area contributed by atoms with E-state index < -0.39 is 12.0 Å². The van der Waals surface area contributed by atoms with Gasteiger partial charge in [0.15, 0.2) is 0 Å². The number of nitrogens with zero attached hydrogens (tertiary/aromatic N) is 1. The van der Waals surface area contributed by atoms with E-state index in [4.69, 9.17) is 23.2 Å². The lowest BCUT2D eigenvalue weighted by atomic mass is 9.92. The molecule has 1 saturated heterocycles. The lowest BCUT2D eigenvalue weighted by Crippen LogP contribution is -2.50. The summed E-state index contributed by atoms with van der Waals surface area (Å²) in [6.07, 6.45) is 1.41. The van der Waals surface area contributed by atoms with Crippen molar-refractivity contribution in [3.63, 3.8) is 0 Å². The predicted octanol–water partition coefficient (Wildman–Crippen LogP) is 3.25. The van der Waals surface area contributed by atoms with Gasteiger partial charge in [0, 0.05) is 16.6 Å². The molecule has 1 aromatic rings. The van der Waals surface area contributed by atoms with Gasteiger partial charge in [0.25, 0.3) is 0 Å². The Morgan fingerprint density at radius 1 is 1.38 bits per heavy atom. The average Bonchev–Trinajstić information content (AvgIpc) is 2.41. The van der Waals surface area contributed by atoms with Crippen molar-refractivity contribution in [1.29, 1.82) is 0 Å². The number of likely N-dealkylation sites (tertiary alicyclic amines) is 1. The molecule has 2 atom stereocenters. The van der Waals surface area contributed by atoms with Crippen LogP contribution in [0.4, 0.5) is 0 Å². The summed E-state index contributed by atoms with van der Waals surface area (Å²) < 4.78 is 0. The first-order valence-corrected chi connectivity index (χ1v) is 7.60. The molecular formula is C15H17Cl2NO3. The molecule has 1 aromatic carbocycles. The van der Waals surface area contributed by atoms with Crippen LogP contribution in [-0.4, -0.2) is 34.5 Å². The van der Waals surface area contributed by atoms with Crippen LogP contribution in [0.5, 0.6) is 0 Å². The zero-order valence-corrected chi connectivity index (χ0v) is 13.2. The largest absolute Gasteiger partial charge is 0.480 e. The molecule has 1 aliphatic rings. The van der Waals surface area contributed by atoms with Crippen LogP contribution in [0, 0.1) is 5.92 Å². The Morgan fingerprint density at radius 3 is 2.71 bits per heavy atom. The highest BCUT2D eigenvalue weighted by Gasteiger charge is 2.34. The normalized spacial score (nSPS) is 22.1. The van der Waals surface area contributed by atoms with Crippen molar-refractivity contribution in [1.82, 2.24) is 4.90 Å². The lowest BCUT2D eigenvalue weighted by molar-refractivity contribution is -0.152. The number of hydrogen-bond acceptors (Lipinski definition) is 2. The van der Waals surface area contributed by atoms with Crippen LogP contribution in [0.2, 0.25) is 10.0 Å². The molecule has 0 spiro atoms. The molecule has 0 bridgehead atoms. The van der Waals surface area contributed by atoms with Crippen LogP contribution >= 0.6 is 23.2 Å². The molecule has 0 radical (unpaired) electrons. The van der Waals surface area contributed by atoms with Crippen LogP contribution in [0.25, 0.3) is 0 Å². The molecule has 4 nitrogen and oxygen atoms in total. The molecule has 114 valence electrons. The first kappa shape index (κ1) is 16.1. The number of piperidine rings is 1. The van der Waals surface area contributed by atoms with E-state index in [9.17, 15) is 14.7 Å². The van der Waals surface area contributed by atoms with Gasteiger partial charge in [0.05, 0.1) is 6.42 Å². The lowest BCUT2D eigenvalue weighted by Gasteiger charge is -2.36. The minimum absolute atomic E-state index is 0.0914. The Morgan fingerprint density at radius 2 is 2.10 bits per heavy atom. The number of halogens is 2. The third-order valence-corrected chi connectivity index (χ3v) is 4.41. The third-order valence-electron chi connectivity index (χ3n) is 3.83. The molecule has 6 heteroatoms. The van der Waals surface area contributed by atoms with Gasteiger partial charge in [0.1, 0.15) is 6.04 Å². The van der Waals surface area contributed by atoms with Crippen molar-refractivity contribution in [2.75, 3.05) is 6.54 Å². The number of carbonyl (C=O) groups excluding carboxylic acids is 1. The van der Waals surface area contributed by atoms with Crippen LogP contribution in [0.3, 0.4) is 0 Å². The van der Waals surface area contributed by atoms with Gasteiger partial charge in [-0.25, -0.2) is 4.79 Å². The van der Waals surface area contributed by atoms with Gasteiger partial charge in [-0.3, -0.25) is 4.79 Å². The maximum absolute atomic E-state index is 12.4. The fourth-order valence-corrected chi connectivity index (χ4v) is 3.08. The summed E-state index contributed by atoms with van der Waals surface area (Å²) in [5, 5.41) is 10.2. The molecule has 0 aromatic heterocycles. The van der Waals surface area contributed by atoms with E-state index >= 15 is 0 Å². The zero-order chi connectivity index (χ0) is 15.6. The Balaban J connectivity index is 2.13. The van der Waals surface area contributed by atoms with E-state index in [-0.39, 0.29) is 12.3 Å². The highest BCUT2D eigenvalue weighted by Crippen LogP contribution is 2.26. The van der Waals surface area contributed by atoms with E-state index in [1.807, 2.05) is 6.92 Å². The molecule has 21 heavy (non-hydrogen) atoms. The van der Waals surface area contributed by atoms with E-state index in [0.717, 1.165) is 6.42 Å². The first-order valence-electron chi connectivity index (χ1n) is 6.84. The standard InChI is InChI=1S/C15H17Cl2NO3/c1-9-4-5-18(13(6-9)15(20)21)14(19)7-10-2-3-11(16)8-12(10)17/h2-3,8-9,13H,4-7H2,1H3,(H,20,21). The molecule has 0 saturated carbocycles. The number of benzene rings is 1. The minimum atomic E-state index is -0.947. The highest BCUT2D eigenvalue weighted by molar-refractivity contribution is 6.35. The van der Waals surface area contributed by atoms with Gasteiger partial charge in [-0.2, -0.15) is 0 Å². The molecule has 1 heterocycles. The molecule has 2 unspecified atom stereocenters. The second kappa shape index (κ2) is 6.67. The topological polar surface area (TPSA) is 57.6 Å². The van der Waals surface area contributed by atoms with Crippen LogP contribution in [0.15, 0.2) is 18.2 Å². The van der Waals surface area contributed by atoms with Crippen molar-refractivity contribution in [2.45, 2.75) is 32.2 Å². The van der Waals surface area contributed by atoms with Crippen molar-refractivity contribution in [2.24, 2.45) is 5.92 Å². The molecule has 1 aliphatic heterocycles. The smallest absolute Gasteiger partial charge is 0.326 e. The molecule has 2 rings (SSSR count). The van der Waals surface area contributed by atoms with E-state index in [2.05, 4.69) is 0 Å². The summed E-state index contributed by atoms with van der Waals surface area (Å²) in [4.78, 5) is 25.2. The Labute approximate surface area is 133 Å². The van der Waals surface area contributed by atoms with Crippen LogP contribution in [0.1, 0.15) is 25.3 Å². The second-order valence-electron chi connectivity index (χ2n) is 5.48. The van der Waals surface area contributed by atoms with Gasteiger partial charge >= 0.3 is 5.97 Å². The van der Waals surface area contributed by atoms with Gasteiger partial charge in [-0.15, -0.1) is 0 Å². The number of rotatable bonds is 3. The molecule has 0 aliphatic carbocycles. The second-order valence-corrected chi connectivity index (χ2v) is 6.33. The fourth-order valence-electron chi connectivity index (χ4n) is 2.60. The van der Waals surface area contributed by atoms with E-state index in [0.29, 0.717) is 34.5 Å². The average molecular weight is 330 g/mol. The molecule has 1 amide bonds. The Kier molecular flexibility index (Phi) is 5.12. The van der Waals surface area contributed by atoms with Crippen LogP contribution < -0.4 is 0 Å². The summed E-state index contributed by atoms with van der Waals surface area (Å²) in [7, 11) is 0. The molecule has 1 fully saturated rings. The highest BCUT2D eigenvalue weighted by atomic mass is 35.5. The van der Waals surface area contributed by atoms with Gasteiger partial charge in [-0.05, 0) is 36.5 Å². The minimum Gasteiger partial charge on any atom is -0.480 e. The maximum atomic E-state index is 12.4. The van der Waals surface area contributed by atoms with Crippen molar-refractivity contribution < 1.29 is 14.7 Å². The van der Waals surface area contributed by atoms with Crippen LogP contribution in [-0.2, 0) is 16.0 Å².